The molecular weight excluding hydrogens is 242 g/mol. The number of halogens is 1. The minimum Gasteiger partial charge on any atom is -0.192 e. The number of nitriles is 1. The van der Waals surface area contributed by atoms with Gasteiger partial charge < -0.3 is 0 Å². The van der Waals surface area contributed by atoms with E-state index in [1.807, 2.05) is 36.4 Å². The second-order valence-corrected chi connectivity index (χ2v) is 4.86. The van der Waals surface area contributed by atoms with Gasteiger partial charge in [-0.05, 0) is 42.2 Å². The van der Waals surface area contributed by atoms with Crippen LogP contribution in [0, 0.1) is 18.3 Å². The third-order valence-corrected chi connectivity index (χ3v) is 3.41. The lowest BCUT2D eigenvalue weighted by atomic mass is 9.99. The fourth-order valence-corrected chi connectivity index (χ4v) is 2.39. The van der Waals surface area contributed by atoms with E-state index in [-0.39, 0.29) is 5.38 Å². The van der Waals surface area contributed by atoms with Gasteiger partial charge in [-0.3, -0.25) is 0 Å². The van der Waals surface area contributed by atoms with Crippen molar-refractivity contribution in [2.45, 2.75) is 18.7 Å². The average molecular weight is 256 g/mol. The lowest BCUT2D eigenvalue weighted by molar-refractivity contribution is 0.910. The summed E-state index contributed by atoms with van der Waals surface area (Å²) in [5.41, 5.74) is 4.22. The summed E-state index contributed by atoms with van der Waals surface area (Å²) in [5, 5.41) is 8.72. The molecule has 18 heavy (non-hydrogen) atoms. The Bertz CT molecular complexity index is 566. The van der Waals surface area contributed by atoms with Crippen molar-refractivity contribution < 1.29 is 0 Å². The van der Waals surface area contributed by atoms with Crippen LogP contribution in [0.5, 0.6) is 0 Å². The smallest absolute Gasteiger partial charge is 0.0991 e. The van der Waals surface area contributed by atoms with Crippen LogP contribution in [0.4, 0.5) is 0 Å². The zero-order chi connectivity index (χ0) is 13.0. The molecule has 0 amide bonds. The Morgan fingerprint density at radius 2 is 1.78 bits per heavy atom. The molecule has 90 valence electrons. The quantitative estimate of drug-likeness (QED) is 0.747. The van der Waals surface area contributed by atoms with Crippen molar-refractivity contribution in [3.63, 3.8) is 0 Å². The van der Waals surface area contributed by atoms with Crippen molar-refractivity contribution in [3.8, 4) is 6.07 Å². The molecule has 0 heterocycles. The van der Waals surface area contributed by atoms with E-state index in [4.69, 9.17) is 16.9 Å². The highest BCUT2D eigenvalue weighted by atomic mass is 35.5. The van der Waals surface area contributed by atoms with Crippen LogP contribution in [0.25, 0.3) is 0 Å². The fourth-order valence-electron chi connectivity index (χ4n) is 1.97. The normalized spacial score (nSPS) is 11.8. The minimum atomic E-state index is -0.0286. The summed E-state index contributed by atoms with van der Waals surface area (Å²) in [6.07, 6.45) is 0.776. The SMILES string of the molecule is Cc1ccccc1C(Cl)Cc1ccc(C#N)cc1. The van der Waals surface area contributed by atoms with Gasteiger partial charge in [0.1, 0.15) is 0 Å². The van der Waals surface area contributed by atoms with Gasteiger partial charge in [0.15, 0.2) is 0 Å². The van der Waals surface area contributed by atoms with E-state index in [2.05, 4.69) is 25.1 Å². The molecule has 0 saturated heterocycles. The first-order valence-electron chi connectivity index (χ1n) is 5.89. The molecule has 0 N–H and O–H groups in total. The molecule has 0 saturated carbocycles. The predicted octanol–water partition coefficient (Wildman–Crippen LogP) is 4.39. The molecule has 1 unspecified atom stereocenters. The van der Waals surface area contributed by atoms with Gasteiger partial charge in [0.25, 0.3) is 0 Å². The molecule has 2 heteroatoms. The third-order valence-electron chi connectivity index (χ3n) is 3.02. The van der Waals surface area contributed by atoms with Gasteiger partial charge in [-0.25, -0.2) is 0 Å². The predicted molar refractivity (Wildman–Crippen MR) is 74.6 cm³/mol. The van der Waals surface area contributed by atoms with Gasteiger partial charge >= 0.3 is 0 Å². The van der Waals surface area contributed by atoms with E-state index in [1.54, 1.807) is 0 Å². The highest BCUT2D eigenvalue weighted by molar-refractivity contribution is 6.21. The van der Waals surface area contributed by atoms with Crippen LogP contribution in [-0.4, -0.2) is 0 Å². The molecule has 1 nitrogen and oxygen atoms in total. The number of aryl methyl sites for hydroxylation is 1. The maximum Gasteiger partial charge on any atom is 0.0991 e. The standard InChI is InChI=1S/C16H14ClN/c1-12-4-2-3-5-15(12)16(17)10-13-6-8-14(11-18)9-7-13/h2-9,16H,10H2,1H3. The molecule has 2 rings (SSSR count). The van der Waals surface area contributed by atoms with Crippen LogP contribution >= 0.6 is 11.6 Å². The van der Waals surface area contributed by atoms with Gasteiger partial charge in [0.05, 0.1) is 17.0 Å². The topological polar surface area (TPSA) is 23.8 Å². The summed E-state index contributed by atoms with van der Waals surface area (Å²) in [5.74, 6) is 0. The number of hydrogen-bond donors (Lipinski definition) is 0. The van der Waals surface area contributed by atoms with Crippen LogP contribution in [0.3, 0.4) is 0 Å². The highest BCUT2D eigenvalue weighted by Gasteiger charge is 2.10. The number of rotatable bonds is 3. The molecule has 0 aliphatic rings. The largest absolute Gasteiger partial charge is 0.192 e. The van der Waals surface area contributed by atoms with E-state index >= 15 is 0 Å². The van der Waals surface area contributed by atoms with Crippen molar-refractivity contribution in [1.82, 2.24) is 0 Å². The maximum absolute atomic E-state index is 8.75. The molecule has 1 atom stereocenters. The van der Waals surface area contributed by atoms with E-state index < -0.39 is 0 Å². The van der Waals surface area contributed by atoms with Crippen molar-refractivity contribution in [2.24, 2.45) is 0 Å². The van der Waals surface area contributed by atoms with Crippen molar-refractivity contribution in [1.29, 1.82) is 5.26 Å². The molecule has 2 aromatic rings. The van der Waals surface area contributed by atoms with Gasteiger partial charge in [0.2, 0.25) is 0 Å². The second kappa shape index (κ2) is 5.71. The number of hydrogen-bond acceptors (Lipinski definition) is 1. The Hall–Kier alpha value is -1.78. The lowest BCUT2D eigenvalue weighted by Gasteiger charge is -2.12. The molecule has 0 radical (unpaired) electrons. The Kier molecular flexibility index (Phi) is 4.02. The van der Waals surface area contributed by atoms with Crippen molar-refractivity contribution >= 4 is 11.6 Å². The zero-order valence-corrected chi connectivity index (χ0v) is 11.0. The first-order chi connectivity index (χ1) is 8.70. The van der Waals surface area contributed by atoms with Gasteiger partial charge in [-0.15, -0.1) is 11.6 Å². The zero-order valence-electron chi connectivity index (χ0n) is 10.2. The molecule has 2 aromatic carbocycles. The van der Waals surface area contributed by atoms with Crippen LogP contribution in [0.15, 0.2) is 48.5 Å². The Morgan fingerprint density at radius 1 is 1.11 bits per heavy atom. The van der Waals surface area contributed by atoms with E-state index in [9.17, 15) is 0 Å². The van der Waals surface area contributed by atoms with Crippen molar-refractivity contribution in [3.05, 3.63) is 70.8 Å². The van der Waals surface area contributed by atoms with E-state index in [0.717, 1.165) is 12.0 Å². The summed E-state index contributed by atoms with van der Waals surface area (Å²) >= 11 is 6.45. The van der Waals surface area contributed by atoms with E-state index in [0.29, 0.717) is 5.56 Å². The Morgan fingerprint density at radius 3 is 2.39 bits per heavy atom. The van der Waals surface area contributed by atoms with Crippen molar-refractivity contribution in [2.75, 3.05) is 0 Å². The first kappa shape index (κ1) is 12.7. The van der Waals surface area contributed by atoms with Gasteiger partial charge in [0, 0.05) is 0 Å². The number of benzene rings is 2. The number of nitrogens with zero attached hydrogens (tertiary/aromatic N) is 1. The summed E-state index contributed by atoms with van der Waals surface area (Å²) in [6.45, 7) is 2.07. The van der Waals surface area contributed by atoms with Crippen LogP contribution in [-0.2, 0) is 6.42 Å². The monoisotopic (exact) mass is 255 g/mol. The molecule has 0 aliphatic heterocycles. The molecular formula is C16H14ClN. The highest BCUT2D eigenvalue weighted by Crippen LogP contribution is 2.27. The molecule has 0 aliphatic carbocycles. The maximum atomic E-state index is 8.75. The molecule has 0 spiro atoms. The minimum absolute atomic E-state index is 0.0286. The second-order valence-electron chi connectivity index (χ2n) is 4.34. The molecule has 0 fully saturated rings. The van der Waals surface area contributed by atoms with Gasteiger partial charge in [-0.1, -0.05) is 36.4 Å². The van der Waals surface area contributed by atoms with E-state index in [1.165, 1.54) is 11.1 Å². The molecule has 0 aromatic heterocycles. The lowest BCUT2D eigenvalue weighted by Crippen LogP contribution is -1.98. The van der Waals surface area contributed by atoms with Crippen LogP contribution in [0.2, 0.25) is 0 Å². The third kappa shape index (κ3) is 2.91. The average Bonchev–Trinajstić information content (AvgIpc) is 2.40. The summed E-state index contributed by atoms with van der Waals surface area (Å²) in [6, 6.07) is 17.9. The number of alkyl halides is 1. The van der Waals surface area contributed by atoms with Crippen LogP contribution in [0.1, 0.15) is 27.6 Å². The molecule has 0 bridgehead atoms. The first-order valence-corrected chi connectivity index (χ1v) is 6.33. The Balaban J connectivity index is 2.14. The Labute approximate surface area is 113 Å². The summed E-state index contributed by atoms with van der Waals surface area (Å²) < 4.78 is 0. The summed E-state index contributed by atoms with van der Waals surface area (Å²) in [7, 11) is 0. The van der Waals surface area contributed by atoms with Crippen LogP contribution < -0.4 is 0 Å². The summed E-state index contributed by atoms with van der Waals surface area (Å²) in [4.78, 5) is 0. The van der Waals surface area contributed by atoms with Gasteiger partial charge in [-0.2, -0.15) is 5.26 Å². The fraction of sp³-hybridized carbons (Fsp3) is 0.188.